The molecule has 0 aliphatic carbocycles. The van der Waals surface area contributed by atoms with Crippen molar-refractivity contribution in [2.24, 2.45) is 7.05 Å². The number of pyridine rings is 1. The first-order chi connectivity index (χ1) is 8.25. The Morgan fingerprint density at radius 3 is 2.88 bits per heavy atom. The number of benzene rings is 1. The average molecular weight is 224 g/mol. The number of nitrogens with two attached hydrogens (primary N) is 1. The van der Waals surface area contributed by atoms with Crippen LogP contribution in [0.4, 0.5) is 5.82 Å². The van der Waals surface area contributed by atoms with Gasteiger partial charge in [-0.2, -0.15) is 5.10 Å². The fourth-order valence-electron chi connectivity index (χ4n) is 1.90. The van der Waals surface area contributed by atoms with Crippen molar-refractivity contribution in [3.05, 3.63) is 42.7 Å². The Hall–Kier alpha value is -2.36. The highest BCUT2D eigenvalue weighted by Crippen LogP contribution is 2.27. The Kier molecular flexibility index (Phi) is 2.08. The molecule has 0 spiro atoms. The lowest BCUT2D eigenvalue weighted by atomic mass is 10.1. The van der Waals surface area contributed by atoms with Crippen molar-refractivity contribution in [1.82, 2.24) is 14.8 Å². The topological polar surface area (TPSA) is 56.7 Å². The highest BCUT2D eigenvalue weighted by atomic mass is 15.3. The number of fused-ring (bicyclic) bond motifs is 1. The summed E-state index contributed by atoms with van der Waals surface area (Å²) in [5, 5.41) is 5.27. The molecule has 0 aliphatic rings. The zero-order valence-corrected chi connectivity index (χ0v) is 9.46. The lowest BCUT2D eigenvalue weighted by Gasteiger charge is -2.02. The van der Waals surface area contributed by atoms with E-state index in [4.69, 9.17) is 5.73 Å². The van der Waals surface area contributed by atoms with E-state index < -0.39 is 0 Å². The molecular formula is C13H12N4. The van der Waals surface area contributed by atoms with Gasteiger partial charge in [-0.3, -0.25) is 9.67 Å². The van der Waals surface area contributed by atoms with Crippen LogP contribution in [0.3, 0.4) is 0 Å². The van der Waals surface area contributed by atoms with Crippen LogP contribution in [0.2, 0.25) is 0 Å². The van der Waals surface area contributed by atoms with Gasteiger partial charge in [-0.1, -0.05) is 18.2 Å². The quantitative estimate of drug-likeness (QED) is 0.689. The summed E-state index contributed by atoms with van der Waals surface area (Å²) in [4.78, 5) is 4.34. The standard InChI is InChI=1S/C13H12N4/c1-17-13(14)11(8-16-17)10-5-4-9-3-2-6-15-12(9)7-10/h2-8H,14H2,1H3. The van der Waals surface area contributed by atoms with E-state index in [1.807, 2.05) is 37.4 Å². The van der Waals surface area contributed by atoms with Gasteiger partial charge < -0.3 is 5.73 Å². The predicted molar refractivity (Wildman–Crippen MR) is 68.4 cm³/mol. The summed E-state index contributed by atoms with van der Waals surface area (Å²) in [7, 11) is 1.83. The number of aromatic nitrogens is 3. The van der Waals surface area contributed by atoms with Crippen molar-refractivity contribution in [2.45, 2.75) is 0 Å². The van der Waals surface area contributed by atoms with Gasteiger partial charge in [-0.05, 0) is 17.7 Å². The summed E-state index contributed by atoms with van der Waals surface area (Å²) in [6.45, 7) is 0. The van der Waals surface area contributed by atoms with Gasteiger partial charge >= 0.3 is 0 Å². The molecule has 0 saturated heterocycles. The summed E-state index contributed by atoms with van der Waals surface area (Å²) in [5.74, 6) is 0.667. The minimum Gasteiger partial charge on any atom is -0.383 e. The van der Waals surface area contributed by atoms with Gasteiger partial charge in [0, 0.05) is 24.2 Å². The van der Waals surface area contributed by atoms with Crippen LogP contribution in [0.15, 0.2) is 42.7 Å². The largest absolute Gasteiger partial charge is 0.383 e. The SMILES string of the molecule is Cn1ncc(-c2ccc3cccnc3c2)c1N. The lowest BCUT2D eigenvalue weighted by Crippen LogP contribution is -1.98. The van der Waals surface area contributed by atoms with Crippen molar-refractivity contribution < 1.29 is 0 Å². The number of hydrogen-bond donors (Lipinski definition) is 1. The summed E-state index contributed by atoms with van der Waals surface area (Å²) in [5.41, 5.74) is 8.91. The summed E-state index contributed by atoms with van der Waals surface area (Å²) in [6, 6.07) is 10.1. The van der Waals surface area contributed by atoms with Crippen LogP contribution < -0.4 is 5.73 Å². The number of hydrogen-bond acceptors (Lipinski definition) is 3. The summed E-state index contributed by atoms with van der Waals surface area (Å²) in [6.07, 6.45) is 3.57. The number of aryl methyl sites for hydroxylation is 1. The van der Waals surface area contributed by atoms with Crippen molar-refractivity contribution in [3.63, 3.8) is 0 Å². The number of rotatable bonds is 1. The van der Waals surface area contributed by atoms with Gasteiger partial charge in [0.2, 0.25) is 0 Å². The lowest BCUT2D eigenvalue weighted by molar-refractivity contribution is 0.779. The van der Waals surface area contributed by atoms with Crippen molar-refractivity contribution in [1.29, 1.82) is 0 Å². The molecule has 4 nitrogen and oxygen atoms in total. The van der Waals surface area contributed by atoms with E-state index in [1.54, 1.807) is 17.1 Å². The van der Waals surface area contributed by atoms with E-state index in [2.05, 4.69) is 10.1 Å². The molecule has 0 fully saturated rings. The normalized spacial score (nSPS) is 10.9. The molecule has 0 amide bonds. The van der Waals surface area contributed by atoms with E-state index in [-0.39, 0.29) is 0 Å². The van der Waals surface area contributed by atoms with E-state index in [0.29, 0.717) is 5.82 Å². The molecule has 0 bridgehead atoms. The molecule has 3 aromatic rings. The fourth-order valence-corrected chi connectivity index (χ4v) is 1.90. The molecule has 0 radical (unpaired) electrons. The molecule has 84 valence electrons. The van der Waals surface area contributed by atoms with Gasteiger partial charge in [0.05, 0.1) is 11.7 Å². The third-order valence-electron chi connectivity index (χ3n) is 2.90. The van der Waals surface area contributed by atoms with E-state index in [1.165, 1.54) is 0 Å². The molecule has 17 heavy (non-hydrogen) atoms. The van der Waals surface area contributed by atoms with Gasteiger partial charge in [-0.25, -0.2) is 0 Å². The molecular weight excluding hydrogens is 212 g/mol. The highest BCUT2D eigenvalue weighted by molar-refractivity contribution is 5.86. The Bertz CT molecular complexity index is 685. The van der Waals surface area contributed by atoms with E-state index in [0.717, 1.165) is 22.0 Å². The molecule has 2 heterocycles. The second kappa shape index (κ2) is 3.59. The van der Waals surface area contributed by atoms with E-state index >= 15 is 0 Å². The van der Waals surface area contributed by atoms with Gasteiger partial charge in [0.25, 0.3) is 0 Å². The first-order valence-electron chi connectivity index (χ1n) is 5.38. The van der Waals surface area contributed by atoms with Crippen LogP contribution in [0.5, 0.6) is 0 Å². The molecule has 0 unspecified atom stereocenters. The van der Waals surface area contributed by atoms with Crippen molar-refractivity contribution >= 4 is 16.7 Å². The first-order valence-corrected chi connectivity index (χ1v) is 5.38. The fraction of sp³-hybridized carbons (Fsp3) is 0.0769. The number of nitrogen functional groups attached to an aromatic ring is 1. The molecule has 4 heteroatoms. The maximum atomic E-state index is 5.96. The zero-order valence-electron chi connectivity index (χ0n) is 9.46. The second-order valence-electron chi connectivity index (χ2n) is 3.98. The third kappa shape index (κ3) is 1.54. The minimum absolute atomic E-state index is 0.667. The van der Waals surface area contributed by atoms with Gasteiger partial charge in [0.1, 0.15) is 5.82 Å². The molecule has 0 aliphatic heterocycles. The van der Waals surface area contributed by atoms with Crippen LogP contribution in [0.1, 0.15) is 0 Å². The minimum atomic E-state index is 0.667. The second-order valence-corrected chi connectivity index (χ2v) is 3.98. The van der Waals surface area contributed by atoms with Gasteiger partial charge in [-0.15, -0.1) is 0 Å². The molecule has 0 atom stereocenters. The monoisotopic (exact) mass is 224 g/mol. The molecule has 1 aromatic carbocycles. The average Bonchev–Trinajstić information content (AvgIpc) is 2.70. The Balaban J connectivity index is 2.21. The van der Waals surface area contributed by atoms with Crippen LogP contribution >= 0.6 is 0 Å². The van der Waals surface area contributed by atoms with Crippen LogP contribution in [0, 0.1) is 0 Å². The number of anilines is 1. The summed E-state index contributed by atoms with van der Waals surface area (Å²) < 4.78 is 1.66. The Morgan fingerprint density at radius 1 is 1.24 bits per heavy atom. The van der Waals surface area contributed by atoms with Gasteiger partial charge in [0.15, 0.2) is 0 Å². The van der Waals surface area contributed by atoms with Crippen molar-refractivity contribution in [2.75, 3.05) is 5.73 Å². The van der Waals surface area contributed by atoms with Crippen LogP contribution in [0.25, 0.3) is 22.0 Å². The Labute approximate surface area is 98.7 Å². The third-order valence-corrected chi connectivity index (χ3v) is 2.90. The molecule has 0 saturated carbocycles. The first kappa shape index (κ1) is 9.84. The molecule has 2 aromatic heterocycles. The maximum Gasteiger partial charge on any atom is 0.129 e. The predicted octanol–water partition coefficient (Wildman–Crippen LogP) is 2.22. The van der Waals surface area contributed by atoms with Crippen LogP contribution in [-0.4, -0.2) is 14.8 Å². The van der Waals surface area contributed by atoms with E-state index in [9.17, 15) is 0 Å². The Morgan fingerprint density at radius 2 is 2.12 bits per heavy atom. The van der Waals surface area contributed by atoms with Crippen molar-refractivity contribution in [3.8, 4) is 11.1 Å². The number of nitrogens with zero attached hydrogens (tertiary/aromatic N) is 3. The molecule has 3 rings (SSSR count). The maximum absolute atomic E-state index is 5.96. The van der Waals surface area contributed by atoms with Crippen LogP contribution in [-0.2, 0) is 7.05 Å². The summed E-state index contributed by atoms with van der Waals surface area (Å²) >= 11 is 0. The molecule has 2 N–H and O–H groups in total. The smallest absolute Gasteiger partial charge is 0.129 e. The zero-order chi connectivity index (χ0) is 11.8. The highest BCUT2D eigenvalue weighted by Gasteiger charge is 2.07.